The van der Waals surface area contributed by atoms with Gasteiger partial charge in [-0.15, -0.1) is 0 Å². The highest BCUT2D eigenvalue weighted by Crippen LogP contribution is 2.13. The predicted molar refractivity (Wildman–Crippen MR) is 91.3 cm³/mol. The lowest BCUT2D eigenvalue weighted by Gasteiger charge is -2.23. The maximum Gasteiger partial charge on any atom is 0.227 e. The fourth-order valence-corrected chi connectivity index (χ4v) is 2.40. The number of anilines is 1. The Morgan fingerprint density at radius 2 is 1.83 bits per heavy atom. The molecule has 0 aliphatic heterocycles. The molecule has 0 fully saturated rings. The Kier molecular flexibility index (Phi) is 6.15. The summed E-state index contributed by atoms with van der Waals surface area (Å²) in [4.78, 5) is 14.3. The van der Waals surface area contributed by atoms with Gasteiger partial charge in [0, 0.05) is 24.3 Å². The van der Waals surface area contributed by atoms with Gasteiger partial charge in [0.05, 0.1) is 6.42 Å². The maximum atomic E-state index is 13.9. The third kappa shape index (κ3) is 5.09. The zero-order valence-electron chi connectivity index (χ0n) is 13.5. The van der Waals surface area contributed by atoms with Crippen molar-refractivity contribution in [3.63, 3.8) is 0 Å². The smallest absolute Gasteiger partial charge is 0.227 e. The molecule has 0 aliphatic rings. The van der Waals surface area contributed by atoms with Gasteiger partial charge in [-0.25, -0.2) is 4.39 Å². The largest absolute Gasteiger partial charge is 0.399 e. The zero-order valence-corrected chi connectivity index (χ0v) is 13.5. The number of nitrogen functional groups attached to an aromatic ring is 1. The van der Waals surface area contributed by atoms with Crippen molar-refractivity contribution in [1.29, 1.82) is 0 Å². The van der Waals surface area contributed by atoms with E-state index in [0.717, 1.165) is 18.4 Å². The summed E-state index contributed by atoms with van der Waals surface area (Å²) in [6.45, 7) is 3.02. The van der Waals surface area contributed by atoms with Gasteiger partial charge in [-0.2, -0.15) is 0 Å². The number of rotatable bonds is 7. The molecule has 4 heteroatoms. The van der Waals surface area contributed by atoms with Crippen molar-refractivity contribution in [2.45, 2.75) is 32.7 Å². The first-order valence-corrected chi connectivity index (χ1v) is 7.95. The van der Waals surface area contributed by atoms with Gasteiger partial charge in [0.2, 0.25) is 5.91 Å². The summed E-state index contributed by atoms with van der Waals surface area (Å²) in [6, 6.07) is 13.9. The van der Waals surface area contributed by atoms with Gasteiger partial charge in [-0.05, 0) is 30.2 Å². The molecule has 0 aliphatic carbocycles. The third-order valence-corrected chi connectivity index (χ3v) is 3.79. The molecule has 0 saturated carbocycles. The van der Waals surface area contributed by atoms with Crippen molar-refractivity contribution in [1.82, 2.24) is 4.90 Å². The number of halogens is 1. The molecule has 0 radical (unpaired) electrons. The number of unbranched alkanes of at least 4 members (excludes halogenated alkanes) is 1. The molecule has 0 heterocycles. The molecule has 2 aromatic carbocycles. The van der Waals surface area contributed by atoms with Crippen LogP contribution in [0.3, 0.4) is 0 Å². The topological polar surface area (TPSA) is 46.3 Å². The van der Waals surface area contributed by atoms with Crippen LogP contribution in [0.25, 0.3) is 0 Å². The van der Waals surface area contributed by atoms with Gasteiger partial charge in [0.15, 0.2) is 0 Å². The Balaban J connectivity index is 2.08. The van der Waals surface area contributed by atoms with E-state index < -0.39 is 0 Å². The lowest BCUT2D eigenvalue weighted by atomic mass is 10.1. The molecule has 0 aromatic heterocycles. The van der Waals surface area contributed by atoms with Crippen LogP contribution in [0.5, 0.6) is 0 Å². The molecule has 0 unspecified atom stereocenters. The molecule has 0 bridgehead atoms. The Morgan fingerprint density at radius 3 is 2.48 bits per heavy atom. The maximum absolute atomic E-state index is 13.9. The molecule has 3 nitrogen and oxygen atoms in total. The fourth-order valence-electron chi connectivity index (χ4n) is 2.40. The van der Waals surface area contributed by atoms with Crippen LogP contribution in [0.4, 0.5) is 10.1 Å². The Morgan fingerprint density at radius 1 is 1.13 bits per heavy atom. The van der Waals surface area contributed by atoms with Crippen LogP contribution in [0, 0.1) is 5.82 Å². The van der Waals surface area contributed by atoms with Gasteiger partial charge in [0.25, 0.3) is 0 Å². The zero-order chi connectivity index (χ0) is 16.7. The molecule has 122 valence electrons. The molecule has 2 N–H and O–H groups in total. The average molecular weight is 314 g/mol. The minimum atomic E-state index is -0.269. The van der Waals surface area contributed by atoms with Crippen LogP contribution >= 0.6 is 0 Å². The summed E-state index contributed by atoms with van der Waals surface area (Å²) in [7, 11) is 0. The average Bonchev–Trinajstić information content (AvgIpc) is 2.55. The van der Waals surface area contributed by atoms with Crippen molar-refractivity contribution < 1.29 is 9.18 Å². The Bertz CT molecular complexity index is 640. The number of hydrogen-bond donors (Lipinski definition) is 1. The quantitative estimate of drug-likeness (QED) is 0.791. The highest BCUT2D eigenvalue weighted by atomic mass is 19.1. The summed E-state index contributed by atoms with van der Waals surface area (Å²) >= 11 is 0. The van der Waals surface area contributed by atoms with Gasteiger partial charge in [0.1, 0.15) is 5.82 Å². The summed E-state index contributed by atoms with van der Waals surface area (Å²) in [5.74, 6) is -0.263. The lowest BCUT2D eigenvalue weighted by Crippen LogP contribution is -2.33. The van der Waals surface area contributed by atoms with E-state index >= 15 is 0 Å². The number of carbonyl (C=O) groups excluding carboxylic acids is 1. The summed E-state index contributed by atoms with van der Waals surface area (Å²) in [6.07, 6.45) is 2.20. The molecular formula is C19H23FN2O. The van der Waals surface area contributed by atoms with Crippen LogP contribution in [0.15, 0.2) is 48.5 Å². The van der Waals surface area contributed by atoms with E-state index in [1.807, 2.05) is 12.1 Å². The Hall–Kier alpha value is -2.36. The van der Waals surface area contributed by atoms with E-state index in [-0.39, 0.29) is 11.7 Å². The predicted octanol–water partition coefficient (Wildman–Crippen LogP) is 3.78. The highest BCUT2D eigenvalue weighted by Gasteiger charge is 2.15. The van der Waals surface area contributed by atoms with Gasteiger partial charge in [-0.1, -0.05) is 43.7 Å². The van der Waals surface area contributed by atoms with E-state index in [0.29, 0.717) is 30.8 Å². The summed E-state index contributed by atoms with van der Waals surface area (Å²) < 4.78 is 13.9. The molecule has 0 saturated heterocycles. The fraction of sp³-hybridized carbons (Fsp3) is 0.316. The first-order chi connectivity index (χ1) is 11.1. The number of carbonyl (C=O) groups is 1. The molecule has 2 rings (SSSR count). The van der Waals surface area contributed by atoms with Gasteiger partial charge < -0.3 is 10.6 Å². The van der Waals surface area contributed by atoms with E-state index in [2.05, 4.69) is 6.92 Å². The molecular weight excluding hydrogens is 291 g/mol. The Labute approximate surface area is 136 Å². The standard InChI is InChI=1S/C19H23FN2O/c1-2-3-12-22(14-16-6-4-5-7-18(16)20)19(23)13-15-8-10-17(21)11-9-15/h4-11H,2-3,12-14,21H2,1H3. The van der Waals surface area contributed by atoms with Crippen LogP contribution in [0.2, 0.25) is 0 Å². The van der Waals surface area contributed by atoms with Crippen LogP contribution in [-0.2, 0) is 17.8 Å². The van der Waals surface area contributed by atoms with E-state index in [9.17, 15) is 9.18 Å². The van der Waals surface area contributed by atoms with Crippen molar-refractivity contribution >= 4 is 11.6 Å². The van der Waals surface area contributed by atoms with Crippen LogP contribution in [0.1, 0.15) is 30.9 Å². The second-order valence-corrected chi connectivity index (χ2v) is 5.68. The van der Waals surface area contributed by atoms with Crippen LogP contribution in [-0.4, -0.2) is 17.4 Å². The molecule has 23 heavy (non-hydrogen) atoms. The number of benzene rings is 2. The van der Waals surface area contributed by atoms with E-state index in [1.165, 1.54) is 6.07 Å². The van der Waals surface area contributed by atoms with Crippen molar-refractivity contribution in [2.24, 2.45) is 0 Å². The van der Waals surface area contributed by atoms with Crippen molar-refractivity contribution in [3.05, 3.63) is 65.5 Å². The second-order valence-electron chi connectivity index (χ2n) is 5.68. The van der Waals surface area contributed by atoms with E-state index in [1.54, 1.807) is 35.2 Å². The minimum absolute atomic E-state index is 0.00599. The molecule has 0 atom stereocenters. The monoisotopic (exact) mass is 314 g/mol. The number of nitrogens with two attached hydrogens (primary N) is 1. The van der Waals surface area contributed by atoms with Gasteiger partial charge in [-0.3, -0.25) is 4.79 Å². The third-order valence-electron chi connectivity index (χ3n) is 3.79. The number of nitrogens with zero attached hydrogens (tertiary/aromatic N) is 1. The normalized spacial score (nSPS) is 10.5. The highest BCUT2D eigenvalue weighted by molar-refractivity contribution is 5.78. The minimum Gasteiger partial charge on any atom is -0.399 e. The number of amides is 1. The first-order valence-electron chi connectivity index (χ1n) is 7.95. The molecule has 0 spiro atoms. The first kappa shape index (κ1) is 17.0. The number of hydrogen-bond acceptors (Lipinski definition) is 2. The SMILES string of the molecule is CCCCN(Cc1ccccc1F)C(=O)Cc1ccc(N)cc1. The van der Waals surface area contributed by atoms with E-state index in [4.69, 9.17) is 5.73 Å². The van der Waals surface area contributed by atoms with Gasteiger partial charge >= 0.3 is 0 Å². The lowest BCUT2D eigenvalue weighted by molar-refractivity contribution is -0.131. The van der Waals surface area contributed by atoms with Crippen molar-refractivity contribution in [2.75, 3.05) is 12.3 Å². The summed E-state index contributed by atoms with van der Waals surface area (Å²) in [5.41, 5.74) is 7.81. The van der Waals surface area contributed by atoms with Crippen molar-refractivity contribution in [3.8, 4) is 0 Å². The summed E-state index contributed by atoms with van der Waals surface area (Å²) in [5, 5.41) is 0. The molecule has 1 amide bonds. The second kappa shape index (κ2) is 8.32. The van der Waals surface area contributed by atoms with Crippen LogP contribution < -0.4 is 5.73 Å². The molecule has 2 aromatic rings.